The molecular formula is C13H8ClFN6O2. The quantitative estimate of drug-likeness (QED) is 0.581. The van der Waals surface area contributed by atoms with Crippen molar-refractivity contribution in [1.82, 2.24) is 19.5 Å². The summed E-state index contributed by atoms with van der Waals surface area (Å²) >= 11 is 5.70. The van der Waals surface area contributed by atoms with Crippen LogP contribution in [-0.2, 0) is 0 Å². The Morgan fingerprint density at radius 2 is 2.17 bits per heavy atom. The molecule has 0 fully saturated rings. The van der Waals surface area contributed by atoms with Crippen LogP contribution in [0.2, 0.25) is 5.02 Å². The SMILES string of the molecule is O=[N+]([O-])c1c(Nc2ccc(F)c(Cl)c2)ncnc1-n1ccnc1. The Labute approximate surface area is 133 Å². The second-order valence-corrected chi connectivity index (χ2v) is 4.78. The van der Waals surface area contributed by atoms with E-state index in [9.17, 15) is 14.5 Å². The van der Waals surface area contributed by atoms with Gasteiger partial charge in [0.1, 0.15) is 18.5 Å². The van der Waals surface area contributed by atoms with Crippen LogP contribution in [0.5, 0.6) is 0 Å². The minimum absolute atomic E-state index is 0.0450. The summed E-state index contributed by atoms with van der Waals surface area (Å²) in [6, 6.07) is 3.85. The third kappa shape index (κ3) is 2.94. The zero-order valence-electron chi connectivity index (χ0n) is 11.3. The number of rotatable bonds is 4. The van der Waals surface area contributed by atoms with Gasteiger partial charge in [0, 0.05) is 18.1 Å². The molecule has 0 bridgehead atoms. The summed E-state index contributed by atoms with van der Waals surface area (Å²) in [5.41, 5.74) is 0.0146. The molecule has 1 N–H and O–H groups in total. The van der Waals surface area contributed by atoms with Crippen LogP contribution in [0.3, 0.4) is 0 Å². The molecule has 10 heteroatoms. The van der Waals surface area contributed by atoms with E-state index in [4.69, 9.17) is 11.6 Å². The van der Waals surface area contributed by atoms with Crippen LogP contribution >= 0.6 is 11.6 Å². The monoisotopic (exact) mass is 334 g/mol. The molecule has 0 aliphatic carbocycles. The zero-order valence-corrected chi connectivity index (χ0v) is 12.1. The van der Waals surface area contributed by atoms with Crippen molar-refractivity contribution in [3.8, 4) is 5.82 Å². The molecule has 3 rings (SSSR count). The number of nitrogens with zero attached hydrogens (tertiary/aromatic N) is 5. The van der Waals surface area contributed by atoms with Gasteiger partial charge in [0.2, 0.25) is 11.6 Å². The molecule has 116 valence electrons. The first kappa shape index (κ1) is 14.9. The Hall–Kier alpha value is -3.07. The van der Waals surface area contributed by atoms with E-state index in [1.807, 2.05) is 0 Å². The molecule has 23 heavy (non-hydrogen) atoms. The number of hydrogen-bond donors (Lipinski definition) is 1. The number of imidazole rings is 1. The minimum Gasteiger partial charge on any atom is -0.334 e. The topological polar surface area (TPSA) is 98.8 Å². The number of anilines is 2. The smallest absolute Gasteiger partial charge is 0.334 e. The van der Waals surface area contributed by atoms with Gasteiger partial charge in [0.15, 0.2) is 0 Å². The molecule has 3 aromatic rings. The third-order valence-electron chi connectivity index (χ3n) is 2.92. The number of halogens is 2. The molecule has 0 atom stereocenters. The maximum atomic E-state index is 13.2. The Morgan fingerprint density at radius 1 is 1.35 bits per heavy atom. The van der Waals surface area contributed by atoms with Crippen molar-refractivity contribution in [2.75, 3.05) is 5.32 Å². The lowest BCUT2D eigenvalue weighted by Crippen LogP contribution is -2.06. The summed E-state index contributed by atoms with van der Waals surface area (Å²) in [5, 5.41) is 14.1. The number of hydrogen-bond acceptors (Lipinski definition) is 6. The zero-order chi connectivity index (χ0) is 16.4. The van der Waals surface area contributed by atoms with Gasteiger partial charge in [-0.05, 0) is 18.2 Å². The average molecular weight is 335 g/mol. The number of aromatic nitrogens is 4. The molecule has 0 unspecified atom stereocenters. The van der Waals surface area contributed by atoms with Crippen LogP contribution < -0.4 is 5.32 Å². The van der Waals surface area contributed by atoms with Crippen molar-refractivity contribution in [3.63, 3.8) is 0 Å². The fourth-order valence-corrected chi connectivity index (χ4v) is 2.09. The highest BCUT2D eigenvalue weighted by molar-refractivity contribution is 6.31. The summed E-state index contributed by atoms with van der Waals surface area (Å²) in [6.45, 7) is 0. The van der Waals surface area contributed by atoms with Gasteiger partial charge < -0.3 is 5.32 Å². The first-order valence-corrected chi connectivity index (χ1v) is 6.64. The lowest BCUT2D eigenvalue weighted by atomic mass is 10.3. The molecule has 0 aliphatic rings. The van der Waals surface area contributed by atoms with E-state index in [0.717, 1.165) is 6.07 Å². The van der Waals surface area contributed by atoms with Crippen molar-refractivity contribution in [2.45, 2.75) is 0 Å². The molecule has 0 aliphatic heterocycles. The van der Waals surface area contributed by atoms with Gasteiger partial charge in [-0.15, -0.1) is 0 Å². The van der Waals surface area contributed by atoms with Crippen LogP contribution in [0.1, 0.15) is 0 Å². The molecule has 8 nitrogen and oxygen atoms in total. The van der Waals surface area contributed by atoms with E-state index < -0.39 is 10.7 Å². The van der Waals surface area contributed by atoms with Crippen LogP contribution in [0.4, 0.5) is 21.6 Å². The van der Waals surface area contributed by atoms with E-state index in [2.05, 4.69) is 20.3 Å². The van der Waals surface area contributed by atoms with Crippen molar-refractivity contribution >= 4 is 28.8 Å². The Kier molecular flexibility index (Phi) is 3.85. The molecule has 0 amide bonds. The van der Waals surface area contributed by atoms with Gasteiger partial charge >= 0.3 is 5.69 Å². The van der Waals surface area contributed by atoms with Crippen molar-refractivity contribution in [3.05, 3.63) is 64.2 Å². The van der Waals surface area contributed by atoms with Gasteiger partial charge in [0.05, 0.1) is 9.95 Å². The van der Waals surface area contributed by atoms with Gasteiger partial charge in [-0.1, -0.05) is 11.6 Å². The highest BCUT2D eigenvalue weighted by Gasteiger charge is 2.24. The fraction of sp³-hybridized carbons (Fsp3) is 0. The molecule has 0 saturated carbocycles. The normalized spacial score (nSPS) is 10.5. The standard InChI is InChI=1S/C13H8ClFN6O2/c14-9-5-8(1-2-10(9)15)19-12-11(21(22)23)13(18-6-17-12)20-4-3-16-7-20/h1-7H,(H,17,18,19). The molecule has 1 aromatic carbocycles. The third-order valence-corrected chi connectivity index (χ3v) is 3.21. The first-order valence-electron chi connectivity index (χ1n) is 6.26. The molecule has 0 saturated heterocycles. The fourth-order valence-electron chi connectivity index (χ4n) is 1.91. The summed E-state index contributed by atoms with van der Waals surface area (Å²) in [5.74, 6) is -0.580. The van der Waals surface area contributed by atoms with Crippen LogP contribution in [-0.4, -0.2) is 24.4 Å². The maximum absolute atomic E-state index is 13.2. The lowest BCUT2D eigenvalue weighted by Gasteiger charge is -2.09. The van der Waals surface area contributed by atoms with Crippen molar-refractivity contribution in [1.29, 1.82) is 0 Å². The summed E-state index contributed by atoms with van der Waals surface area (Å²) < 4.78 is 14.6. The molecule has 0 spiro atoms. The highest BCUT2D eigenvalue weighted by Crippen LogP contribution is 2.31. The predicted molar refractivity (Wildman–Crippen MR) is 80.5 cm³/mol. The second-order valence-electron chi connectivity index (χ2n) is 4.38. The lowest BCUT2D eigenvalue weighted by molar-refractivity contribution is -0.384. The molecule has 2 heterocycles. The molecular weight excluding hydrogens is 327 g/mol. The highest BCUT2D eigenvalue weighted by atomic mass is 35.5. The molecule has 0 radical (unpaired) electrons. The maximum Gasteiger partial charge on any atom is 0.354 e. The first-order chi connectivity index (χ1) is 11.1. The van der Waals surface area contributed by atoms with Crippen LogP contribution in [0, 0.1) is 15.9 Å². The Bertz CT molecular complexity index is 871. The van der Waals surface area contributed by atoms with E-state index in [0.29, 0.717) is 5.69 Å². The van der Waals surface area contributed by atoms with Crippen molar-refractivity contribution < 1.29 is 9.31 Å². The minimum atomic E-state index is -0.608. The van der Waals surface area contributed by atoms with Crippen LogP contribution in [0.25, 0.3) is 5.82 Å². The number of nitrogens with one attached hydrogen (secondary N) is 1. The average Bonchev–Trinajstić information content (AvgIpc) is 3.05. The van der Waals surface area contributed by atoms with E-state index in [1.54, 1.807) is 0 Å². The number of nitro groups is 1. The Morgan fingerprint density at radius 3 is 2.83 bits per heavy atom. The largest absolute Gasteiger partial charge is 0.354 e. The van der Waals surface area contributed by atoms with Crippen LogP contribution in [0.15, 0.2) is 43.2 Å². The summed E-state index contributed by atoms with van der Waals surface area (Å²) in [7, 11) is 0. The summed E-state index contributed by atoms with van der Waals surface area (Å²) in [6.07, 6.45) is 5.55. The molecule has 2 aromatic heterocycles. The predicted octanol–water partition coefficient (Wildman–Crippen LogP) is 3.11. The van der Waals surface area contributed by atoms with Gasteiger partial charge in [0.25, 0.3) is 0 Å². The second kappa shape index (κ2) is 5.97. The van der Waals surface area contributed by atoms with Gasteiger partial charge in [-0.3, -0.25) is 14.7 Å². The summed E-state index contributed by atoms with van der Waals surface area (Å²) in [4.78, 5) is 22.4. The van der Waals surface area contributed by atoms with Gasteiger partial charge in [-0.25, -0.2) is 19.3 Å². The van der Waals surface area contributed by atoms with E-state index in [-0.39, 0.29) is 22.3 Å². The van der Waals surface area contributed by atoms with E-state index in [1.165, 1.54) is 41.7 Å². The number of benzene rings is 1. The Balaban J connectivity index is 2.07. The van der Waals surface area contributed by atoms with Gasteiger partial charge in [-0.2, -0.15) is 0 Å². The van der Waals surface area contributed by atoms with E-state index >= 15 is 0 Å². The van der Waals surface area contributed by atoms with Crippen molar-refractivity contribution in [2.24, 2.45) is 0 Å².